The van der Waals surface area contributed by atoms with Gasteiger partial charge in [0.2, 0.25) is 0 Å². The van der Waals surface area contributed by atoms with E-state index >= 15 is 0 Å². The number of rotatable bonds is 3. The molecule has 0 aliphatic heterocycles. The summed E-state index contributed by atoms with van der Waals surface area (Å²) in [6.45, 7) is 0. The molecule has 2 saturated carbocycles. The standard InChI is InChI=1S/C10H10Cl8/c11-2-8(7(15)16)4-1-10(17,18)9(8,3-12)6(14)5(4)13/h4-7H,1-3H2/t4-,5+,6-,8-,9?/m1/s1. The maximum atomic E-state index is 6.45. The van der Waals surface area contributed by atoms with E-state index in [4.69, 9.17) is 92.8 Å². The number of halogens is 8. The third-order valence-corrected chi connectivity index (χ3v) is 8.53. The number of fused-ring (bicyclic) bond motifs is 2. The van der Waals surface area contributed by atoms with Crippen LogP contribution < -0.4 is 0 Å². The molecule has 2 aliphatic rings. The number of alkyl halides is 8. The van der Waals surface area contributed by atoms with Gasteiger partial charge in [0.05, 0.1) is 10.8 Å². The van der Waals surface area contributed by atoms with Gasteiger partial charge in [0.15, 0.2) is 0 Å². The Morgan fingerprint density at radius 2 is 1.61 bits per heavy atom. The summed E-state index contributed by atoms with van der Waals surface area (Å²) < 4.78 is -1.13. The van der Waals surface area contributed by atoms with Crippen molar-refractivity contribution in [3.05, 3.63) is 0 Å². The Morgan fingerprint density at radius 3 is 1.94 bits per heavy atom. The van der Waals surface area contributed by atoms with Gasteiger partial charge in [-0.3, -0.25) is 0 Å². The van der Waals surface area contributed by atoms with Gasteiger partial charge in [-0.15, -0.1) is 92.8 Å². The average Bonchev–Trinajstić information content (AvgIpc) is 2.61. The van der Waals surface area contributed by atoms with Gasteiger partial charge in [-0.25, -0.2) is 0 Å². The Kier molecular flexibility index (Phi) is 4.82. The molecule has 106 valence electrons. The van der Waals surface area contributed by atoms with Gasteiger partial charge in [-0.1, -0.05) is 0 Å². The third-order valence-electron chi connectivity index (χ3n) is 4.58. The predicted octanol–water partition coefficient (Wildman–Crippen LogP) is 5.66. The highest BCUT2D eigenvalue weighted by Gasteiger charge is 2.81. The molecule has 0 spiro atoms. The van der Waals surface area contributed by atoms with Gasteiger partial charge in [-0.05, 0) is 12.3 Å². The van der Waals surface area contributed by atoms with Crippen molar-refractivity contribution in [2.24, 2.45) is 16.7 Å². The topological polar surface area (TPSA) is 0 Å². The minimum Gasteiger partial charge on any atom is -0.126 e. The zero-order valence-electron chi connectivity index (χ0n) is 8.95. The van der Waals surface area contributed by atoms with E-state index < -0.39 is 25.4 Å². The molecular weight excluding hydrogens is 404 g/mol. The minimum atomic E-state index is -1.13. The van der Waals surface area contributed by atoms with Crippen LogP contribution in [0.25, 0.3) is 0 Å². The molecule has 0 aromatic rings. The molecule has 0 saturated heterocycles. The molecule has 0 radical (unpaired) electrons. The quantitative estimate of drug-likeness (QED) is 0.523. The third kappa shape index (κ3) is 1.67. The van der Waals surface area contributed by atoms with Crippen LogP contribution in [0.2, 0.25) is 0 Å². The summed E-state index contributed by atoms with van der Waals surface area (Å²) >= 11 is 50.4. The van der Waals surface area contributed by atoms with E-state index in [9.17, 15) is 0 Å². The lowest BCUT2D eigenvalue weighted by Gasteiger charge is -2.48. The normalized spacial score (nSPS) is 50.2. The first-order valence-electron chi connectivity index (χ1n) is 5.29. The molecular formula is C10H10Cl8. The van der Waals surface area contributed by atoms with Crippen LogP contribution >= 0.6 is 92.8 Å². The fourth-order valence-corrected chi connectivity index (χ4v) is 8.38. The molecule has 0 amide bonds. The summed E-state index contributed by atoms with van der Waals surface area (Å²) in [5.74, 6) is 0.111. The van der Waals surface area contributed by atoms with Gasteiger partial charge in [-0.2, -0.15) is 0 Å². The second kappa shape index (κ2) is 5.20. The Hall–Kier alpha value is 2.32. The Morgan fingerprint density at radius 1 is 1.06 bits per heavy atom. The maximum Gasteiger partial charge on any atom is 0.127 e. The molecule has 8 heteroatoms. The second-order valence-electron chi connectivity index (χ2n) is 4.94. The van der Waals surface area contributed by atoms with Crippen LogP contribution in [0, 0.1) is 16.7 Å². The lowest BCUT2D eigenvalue weighted by atomic mass is 9.69. The summed E-state index contributed by atoms with van der Waals surface area (Å²) in [5.41, 5.74) is -1.68. The first-order chi connectivity index (χ1) is 8.23. The van der Waals surface area contributed by atoms with E-state index in [1.54, 1.807) is 0 Å². The first kappa shape index (κ1) is 16.7. The molecule has 0 nitrogen and oxygen atoms in total. The monoisotopic (exact) mass is 410 g/mol. The van der Waals surface area contributed by atoms with E-state index in [0.717, 1.165) is 0 Å². The van der Waals surface area contributed by atoms with Gasteiger partial charge in [0.25, 0.3) is 0 Å². The van der Waals surface area contributed by atoms with E-state index in [0.29, 0.717) is 6.42 Å². The summed E-state index contributed by atoms with van der Waals surface area (Å²) in [5, 5.41) is -0.876. The Bertz CT molecular complexity index is 345. The zero-order valence-corrected chi connectivity index (χ0v) is 15.0. The molecule has 0 heterocycles. The summed E-state index contributed by atoms with van der Waals surface area (Å²) in [6, 6.07) is 0. The maximum absolute atomic E-state index is 6.45. The summed E-state index contributed by atoms with van der Waals surface area (Å²) in [6.07, 6.45) is 0.433. The van der Waals surface area contributed by atoms with E-state index in [1.165, 1.54) is 0 Å². The van der Waals surface area contributed by atoms with Crippen molar-refractivity contribution in [2.75, 3.05) is 11.8 Å². The smallest absolute Gasteiger partial charge is 0.126 e. The van der Waals surface area contributed by atoms with Crippen molar-refractivity contribution < 1.29 is 0 Å². The second-order valence-corrected chi connectivity index (χ2v) is 9.03. The molecule has 0 N–H and O–H groups in total. The Labute approximate surface area is 146 Å². The summed E-state index contributed by atoms with van der Waals surface area (Å²) in [4.78, 5) is -0.789. The van der Waals surface area contributed by atoms with Crippen molar-refractivity contribution in [2.45, 2.75) is 26.3 Å². The number of hydrogen-bond acceptors (Lipinski definition) is 0. The summed E-state index contributed by atoms with van der Waals surface area (Å²) in [7, 11) is 0. The zero-order chi connectivity index (χ0) is 13.9. The fourth-order valence-electron chi connectivity index (χ4n) is 3.57. The van der Waals surface area contributed by atoms with Crippen LogP contribution in [0.3, 0.4) is 0 Å². The average molecular weight is 414 g/mol. The predicted molar refractivity (Wildman–Crippen MR) is 83.6 cm³/mol. The van der Waals surface area contributed by atoms with Crippen molar-refractivity contribution in [3.63, 3.8) is 0 Å². The van der Waals surface area contributed by atoms with Crippen molar-refractivity contribution in [1.82, 2.24) is 0 Å². The molecule has 1 unspecified atom stereocenters. The van der Waals surface area contributed by atoms with Gasteiger partial charge in [0, 0.05) is 22.6 Å². The van der Waals surface area contributed by atoms with Crippen LogP contribution in [0.15, 0.2) is 0 Å². The van der Waals surface area contributed by atoms with Crippen LogP contribution in [0.4, 0.5) is 0 Å². The van der Waals surface area contributed by atoms with Gasteiger partial charge < -0.3 is 0 Å². The van der Waals surface area contributed by atoms with Crippen LogP contribution in [0.1, 0.15) is 6.42 Å². The lowest BCUT2D eigenvalue weighted by Crippen LogP contribution is -2.55. The molecule has 2 aliphatic carbocycles. The van der Waals surface area contributed by atoms with E-state index in [1.807, 2.05) is 0 Å². The van der Waals surface area contributed by atoms with Crippen LogP contribution in [0.5, 0.6) is 0 Å². The highest BCUT2D eigenvalue weighted by atomic mass is 35.5. The van der Waals surface area contributed by atoms with Gasteiger partial charge >= 0.3 is 0 Å². The van der Waals surface area contributed by atoms with E-state index in [-0.39, 0.29) is 23.1 Å². The molecule has 2 rings (SSSR count). The fraction of sp³-hybridized carbons (Fsp3) is 1.00. The van der Waals surface area contributed by atoms with Crippen molar-refractivity contribution in [3.8, 4) is 0 Å². The first-order valence-corrected chi connectivity index (χ1v) is 8.86. The van der Waals surface area contributed by atoms with Crippen LogP contribution in [-0.2, 0) is 0 Å². The number of hydrogen-bond donors (Lipinski definition) is 0. The molecule has 18 heavy (non-hydrogen) atoms. The molecule has 0 aromatic carbocycles. The van der Waals surface area contributed by atoms with Gasteiger partial charge in [0.1, 0.15) is 9.17 Å². The molecule has 5 atom stereocenters. The van der Waals surface area contributed by atoms with Crippen LogP contribution in [-0.4, -0.2) is 31.7 Å². The Balaban J connectivity index is 2.68. The SMILES string of the molecule is ClCC12[C@H](Cl)[C@@H](Cl)[C@@H](CC1(Cl)Cl)[C@]2(CCl)C(Cl)Cl. The highest BCUT2D eigenvalue weighted by Crippen LogP contribution is 2.77. The molecule has 2 fully saturated rings. The van der Waals surface area contributed by atoms with Crippen molar-refractivity contribution in [1.29, 1.82) is 0 Å². The molecule has 2 bridgehead atoms. The lowest BCUT2D eigenvalue weighted by molar-refractivity contribution is 0.149. The van der Waals surface area contributed by atoms with Crippen molar-refractivity contribution >= 4 is 92.8 Å². The highest BCUT2D eigenvalue weighted by molar-refractivity contribution is 6.52. The largest absolute Gasteiger partial charge is 0.127 e. The molecule has 0 aromatic heterocycles. The minimum absolute atomic E-state index is 0.108. The van der Waals surface area contributed by atoms with E-state index in [2.05, 4.69) is 0 Å².